The third kappa shape index (κ3) is 10.6. The van der Waals surface area contributed by atoms with Crippen LogP contribution >= 0.6 is 11.8 Å². The van der Waals surface area contributed by atoms with Crippen LogP contribution in [-0.2, 0) is 19.1 Å². The minimum atomic E-state index is -0.736. The second-order valence-electron chi connectivity index (χ2n) is 6.82. The first-order chi connectivity index (χ1) is 9.32. The second kappa shape index (κ2) is 8.00. The Balaban J connectivity index is 4.08. The molecule has 0 bridgehead atoms. The summed E-state index contributed by atoms with van der Waals surface area (Å²) in [6.07, 6.45) is 0. The van der Waals surface area contributed by atoms with E-state index in [0.29, 0.717) is 11.5 Å². The lowest BCUT2D eigenvalue weighted by atomic mass is 10.2. The lowest BCUT2D eigenvalue weighted by molar-refractivity contribution is -0.156. The van der Waals surface area contributed by atoms with Crippen LogP contribution < -0.4 is 11.5 Å². The molecule has 0 unspecified atom stereocenters. The van der Waals surface area contributed by atoms with E-state index >= 15 is 0 Å². The Morgan fingerprint density at radius 3 is 1.38 bits per heavy atom. The van der Waals surface area contributed by atoms with Crippen LogP contribution in [0.1, 0.15) is 41.5 Å². The number of hydrogen-bond acceptors (Lipinski definition) is 7. The normalized spacial score (nSPS) is 15.2. The van der Waals surface area contributed by atoms with E-state index in [0.717, 1.165) is 0 Å². The smallest absolute Gasteiger partial charge is 0.324 e. The SMILES string of the molecule is CC(C)(C)OC(=O)[C@H](N)CSC[C@H](N)C(=O)OC(C)(C)C. The number of ether oxygens (including phenoxy) is 2. The van der Waals surface area contributed by atoms with Gasteiger partial charge >= 0.3 is 11.9 Å². The van der Waals surface area contributed by atoms with E-state index in [1.165, 1.54) is 11.8 Å². The Hall–Kier alpha value is -0.790. The largest absolute Gasteiger partial charge is 0.459 e. The van der Waals surface area contributed by atoms with Crippen LogP contribution in [0, 0.1) is 0 Å². The number of carbonyl (C=O) groups excluding carboxylic acids is 2. The molecule has 6 nitrogen and oxygen atoms in total. The molecule has 0 aliphatic carbocycles. The van der Waals surface area contributed by atoms with E-state index in [2.05, 4.69) is 0 Å². The molecule has 0 aromatic carbocycles. The number of carbonyl (C=O) groups is 2. The predicted octanol–water partition coefficient (Wildman–Crippen LogP) is 1.06. The lowest BCUT2D eigenvalue weighted by Gasteiger charge is -2.23. The zero-order valence-electron chi connectivity index (χ0n) is 13.8. The number of nitrogens with two attached hydrogens (primary N) is 2. The molecule has 0 aliphatic heterocycles. The molecule has 0 radical (unpaired) electrons. The Bertz CT molecular complexity index is 327. The van der Waals surface area contributed by atoms with Gasteiger partial charge in [-0.05, 0) is 41.5 Å². The highest BCUT2D eigenvalue weighted by molar-refractivity contribution is 7.99. The number of esters is 2. The van der Waals surface area contributed by atoms with Gasteiger partial charge in [-0.3, -0.25) is 9.59 Å². The number of thioether (sulfide) groups is 1. The monoisotopic (exact) mass is 320 g/mol. The summed E-state index contributed by atoms with van der Waals surface area (Å²) in [5.74, 6) is -0.238. The number of hydrogen-bond donors (Lipinski definition) is 2. The van der Waals surface area contributed by atoms with E-state index in [-0.39, 0.29) is 0 Å². The molecule has 21 heavy (non-hydrogen) atoms. The summed E-state index contributed by atoms with van der Waals surface area (Å²) in [7, 11) is 0. The van der Waals surface area contributed by atoms with Crippen LogP contribution in [0.4, 0.5) is 0 Å². The molecular formula is C14H28N2O4S. The predicted molar refractivity (Wildman–Crippen MR) is 85.0 cm³/mol. The standard InChI is InChI=1S/C14H28N2O4S/c1-13(2,3)19-11(17)9(15)7-21-8-10(16)12(18)20-14(4,5)6/h9-10H,7-8,15-16H2,1-6H3/t9-,10+. The van der Waals surface area contributed by atoms with Crippen molar-refractivity contribution in [1.29, 1.82) is 0 Å². The summed E-state index contributed by atoms with van der Waals surface area (Å²) < 4.78 is 10.3. The maximum absolute atomic E-state index is 11.7. The Labute approximate surface area is 131 Å². The van der Waals surface area contributed by atoms with Gasteiger partial charge in [0.1, 0.15) is 23.3 Å². The van der Waals surface area contributed by atoms with Crippen LogP contribution in [0.5, 0.6) is 0 Å². The van der Waals surface area contributed by atoms with Crippen molar-refractivity contribution in [3.63, 3.8) is 0 Å². The van der Waals surface area contributed by atoms with Gasteiger partial charge in [-0.25, -0.2) is 0 Å². The highest BCUT2D eigenvalue weighted by Crippen LogP contribution is 2.12. The molecule has 0 fully saturated rings. The van der Waals surface area contributed by atoms with Gasteiger partial charge in [-0.15, -0.1) is 0 Å². The molecule has 2 atom stereocenters. The van der Waals surface area contributed by atoms with Crippen molar-refractivity contribution in [2.45, 2.75) is 64.8 Å². The molecular weight excluding hydrogens is 292 g/mol. The van der Waals surface area contributed by atoms with Gasteiger partial charge in [-0.1, -0.05) is 0 Å². The molecule has 0 aromatic heterocycles. The third-order valence-electron chi connectivity index (χ3n) is 2.01. The van der Waals surface area contributed by atoms with Crippen molar-refractivity contribution in [3.05, 3.63) is 0 Å². The topological polar surface area (TPSA) is 105 Å². The molecule has 7 heteroatoms. The van der Waals surface area contributed by atoms with Gasteiger partial charge < -0.3 is 20.9 Å². The summed E-state index contributed by atoms with van der Waals surface area (Å²) in [5, 5.41) is 0. The maximum atomic E-state index is 11.7. The minimum Gasteiger partial charge on any atom is -0.459 e. The van der Waals surface area contributed by atoms with Crippen LogP contribution in [0.3, 0.4) is 0 Å². The van der Waals surface area contributed by atoms with Gasteiger partial charge in [0.15, 0.2) is 0 Å². The Morgan fingerprint density at radius 2 is 1.14 bits per heavy atom. The molecule has 0 aliphatic rings. The summed E-state index contributed by atoms with van der Waals surface area (Å²) in [4.78, 5) is 23.3. The zero-order valence-corrected chi connectivity index (χ0v) is 14.6. The molecule has 0 amide bonds. The van der Waals surface area contributed by atoms with E-state index in [1.54, 1.807) is 41.5 Å². The quantitative estimate of drug-likeness (QED) is 0.705. The van der Waals surface area contributed by atoms with Gasteiger partial charge in [0.05, 0.1) is 0 Å². The first-order valence-electron chi connectivity index (χ1n) is 6.86. The molecule has 0 saturated carbocycles. The summed E-state index contributed by atoms with van der Waals surface area (Å²) in [5.41, 5.74) is 10.3. The van der Waals surface area contributed by atoms with Crippen LogP contribution in [0.15, 0.2) is 0 Å². The molecule has 124 valence electrons. The Morgan fingerprint density at radius 1 is 0.857 bits per heavy atom. The first kappa shape index (κ1) is 20.2. The van der Waals surface area contributed by atoms with Crippen molar-refractivity contribution in [2.75, 3.05) is 11.5 Å². The minimum absolute atomic E-state index is 0.339. The fraction of sp³-hybridized carbons (Fsp3) is 0.857. The molecule has 0 saturated heterocycles. The van der Waals surface area contributed by atoms with Crippen LogP contribution in [0.2, 0.25) is 0 Å². The highest BCUT2D eigenvalue weighted by atomic mass is 32.2. The van der Waals surface area contributed by atoms with Gasteiger partial charge in [0.25, 0.3) is 0 Å². The van der Waals surface area contributed by atoms with Crippen molar-refractivity contribution < 1.29 is 19.1 Å². The summed E-state index contributed by atoms with van der Waals surface area (Å²) >= 11 is 1.33. The average Bonchev–Trinajstić information content (AvgIpc) is 2.23. The van der Waals surface area contributed by atoms with Crippen molar-refractivity contribution in [1.82, 2.24) is 0 Å². The van der Waals surface area contributed by atoms with E-state index in [1.807, 2.05) is 0 Å². The fourth-order valence-corrected chi connectivity index (χ4v) is 2.13. The van der Waals surface area contributed by atoms with Crippen molar-refractivity contribution >= 4 is 23.7 Å². The Kier molecular flexibility index (Phi) is 7.70. The molecule has 4 N–H and O–H groups in total. The van der Waals surface area contributed by atoms with Gasteiger partial charge in [0, 0.05) is 11.5 Å². The van der Waals surface area contributed by atoms with Gasteiger partial charge in [0.2, 0.25) is 0 Å². The fourth-order valence-electron chi connectivity index (χ4n) is 1.21. The molecule has 0 rings (SSSR count). The molecule has 0 heterocycles. The van der Waals surface area contributed by atoms with E-state index in [4.69, 9.17) is 20.9 Å². The summed E-state index contributed by atoms with van der Waals surface area (Å²) in [6.45, 7) is 10.7. The number of rotatable bonds is 6. The molecule has 0 spiro atoms. The van der Waals surface area contributed by atoms with Crippen molar-refractivity contribution in [3.8, 4) is 0 Å². The van der Waals surface area contributed by atoms with Gasteiger partial charge in [-0.2, -0.15) is 11.8 Å². The third-order valence-corrected chi connectivity index (χ3v) is 3.20. The van der Waals surface area contributed by atoms with Crippen LogP contribution in [-0.4, -0.2) is 46.7 Å². The average molecular weight is 320 g/mol. The zero-order chi connectivity index (χ0) is 16.8. The van der Waals surface area contributed by atoms with Crippen LogP contribution in [0.25, 0.3) is 0 Å². The van der Waals surface area contributed by atoms with E-state index < -0.39 is 35.2 Å². The first-order valence-corrected chi connectivity index (χ1v) is 8.02. The van der Waals surface area contributed by atoms with E-state index in [9.17, 15) is 9.59 Å². The summed E-state index contributed by atoms with van der Waals surface area (Å²) in [6, 6.07) is -1.47. The second-order valence-corrected chi connectivity index (χ2v) is 7.89. The maximum Gasteiger partial charge on any atom is 0.324 e. The molecule has 0 aromatic rings. The highest BCUT2D eigenvalue weighted by Gasteiger charge is 2.24. The lowest BCUT2D eigenvalue weighted by Crippen LogP contribution is -2.41. The van der Waals surface area contributed by atoms with Crippen molar-refractivity contribution in [2.24, 2.45) is 11.5 Å².